The van der Waals surface area contributed by atoms with Crippen molar-refractivity contribution in [3.05, 3.63) is 47.0 Å². The standard InChI is InChI=1S/C11H13BrO/c1-9(7-8-12)11(13)10-5-3-2-4-6-10/h2-9,11,13H,1H3/b8-7-/t9-,11-/m1/s1. The Kier molecular flexibility index (Phi) is 4.19. The molecule has 2 heteroatoms. The van der Waals surface area contributed by atoms with E-state index in [2.05, 4.69) is 15.9 Å². The first-order chi connectivity index (χ1) is 6.25. The molecule has 0 fully saturated rings. The fraction of sp³-hybridized carbons (Fsp3) is 0.273. The van der Waals surface area contributed by atoms with E-state index in [0.29, 0.717) is 0 Å². The van der Waals surface area contributed by atoms with Crippen molar-refractivity contribution >= 4 is 15.9 Å². The molecule has 1 nitrogen and oxygen atoms in total. The first-order valence-corrected chi connectivity index (χ1v) is 5.17. The number of hydrogen-bond donors (Lipinski definition) is 1. The van der Waals surface area contributed by atoms with Gasteiger partial charge in [0.15, 0.2) is 0 Å². The smallest absolute Gasteiger partial charge is 0.0850 e. The van der Waals surface area contributed by atoms with Crippen molar-refractivity contribution in [2.75, 3.05) is 0 Å². The summed E-state index contributed by atoms with van der Waals surface area (Å²) in [5.74, 6) is 0.127. The van der Waals surface area contributed by atoms with E-state index in [1.807, 2.05) is 43.3 Å². The molecule has 0 unspecified atom stereocenters. The second kappa shape index (κ2) is 5.20. The average Bonchev–Trinajstić information content (AvgIpc) is 2.18. The monoisotopic (exact) mass is 240 g/mol. The van der Waals surface area contributed by atoms with Crippen LogP contribution >= 0.6 is 15.9 Å². The van der Waals surface area contributed by atoms with Crippen molar-refractivity contribution in [1.82, 2.24) is 0 Å². The van der Waals surface area contributed by atoms with Gasteiger partial charge in [-0.25, -0.2) is 0 Å². The number of aliphatic hydroxyl groups is 1. The van der Waals surface area contributed by atoms with E-state index in [4.69, 9.17) is 0 Å². The number of halogens is 1. The molecular weight excluding hydrogens is 228 g/mol. The molecule has 70 valence electrons. The van der Waals surface area contributed by atoms with Crippen molar-refractivity contribution in [1.29, 1.82) is 0 Å². The molecule has 0 saturated carbocycles. The summed E-state index contributed by atoms with van der Waals surface area (Å²) in [4.78, 5) is 1.78. The molecule has 13 heavy (non-hydrogen) atoms. The number of benzene rings is 1. The Morgan fingerprint density at radius 1 is 1.31 bits per heavy atom. The zero-order valence-corrected chi connectivity index (χ0v) is 9.11. The maximum atomic E-state index is 9.85. The highest BCUT2D eigenvalue weighted by molar-refractivity contribution is 9.11. The van der Waals surface area contributed by atoms with E-state index < -0.39 is 6.10 Å². The first-order valence-electron chi connectivity index (χ1n) is 4.25. The van der Waals surface area contributed by atoms with Crippen LogP contribution in [0.25, 0.3) is 0 Å². The van der Waals surface area contributed by atoms with Gasteiger partial charge in [-0.15, -0.1) is 0 Å². The van der Waals surface area contributed by atoms with E-state index >= 15 is 0 Å². The van der Waals surface area contributed by atoms with Crippen LogP contribution in [0.4, 0.5) is 0 Å². The molecule has 0 aliphatic carbocycles. The zero-order chi connectivity index (χ0) is 9.68. The predicted octanol–water partition coefficient (Wildman–Crippen LogP) is 3.26. The summed E-state index contributed by atoms with van der Waals surface area (Å²) in [6.45, 7) is 1.98. The van der Waals surface area contributed by atoms with Gasteiger partial charge in [0.2, 0.25) is 0 Å². The third kappa shape index (κ3) is 2.98. The molecule has 0 aromatic heterocycles. The van der Waals surface area contributed by atoms with Crippen LogP contribution in [0.1, 0.15) is 18.6 Å². The highest BCUT2D eigenvalue weighted by Gasteiger charge is 2.12. The summed E-state index contributed by atoms with van der Waals surface area (Å²) in [5, 5.41) is 9.85. The highest BCUT2D eigenvalue weighted by Crippen LogP contribution is 2.22. The van der Waals surface area contributed by atoms with E-state index in [0.717, 1.165) is 5.56 Å². The Morgan fingerprint density at radius 3 is 2.46 bits per heavy atom. The van der Waals surface area contributed by atoms with Gasteiger partial charge in [0.25, 0.3) is 0 Å². The second-order valence-electron chi connectivity index (χ2n) is 3.03. The molecule has 0 bridgehead atoms. The Bertz CT molecular complexity index is 269. The van der Waals surface area contributed by atoms with Gasteiger partial charge in [-0.3, -0.25) is 0 Å². The molecule has 1 aromatic rings. The molecule has 0 spiro atoms. The molecule has 0 radical (unpaired) electrons. The topological polar surface area (TPSA) is 20.2 Å². The minimum absolute atomic E-state index is 0.127. The summed E-state index contributed by atoms with van der Waals surface area (Å²) in [6, 6.07) is 9.68. The number of rotatable bonds is 3. The molecule has 0 heterocycles. The lowest BCUT2D eigenvalue weighted by Gasteiger charge is -2.15. The largest absolute Gasteiger partial charge is 0.388 e. The van der Waals surface area contributed by atoms with Crippen molar-refractivity contribution in [3.63, 3.8) is 0 Å². The van der Waals surface area contributed by atoms with Gasteiger partial charge in [-0.05, 0) is 10.5 Å². The molecule has 1 N–H and O–H groups in total. The third-order valence-electron chi connectivity index (χ3n) is 2.02. The molecule has 0 aliphatic heterocycles. The van der Waals surface area contributed by atoms with E-state index in [-0.39, 0.29) is 5.92 Å². The van der Waals surface area contributed by atoms with Crippen LogP contribution in [0.15, 0.2) is 41.4 Å². The van der Waals surface area contributed by atoms with Gasteiger partial charge in [0.05, 0.1) is 6.10 Å². The summed E-state index contributed by atoms with van der Waals surface area (Å²) < 4.78 is 0. The van der Waals surface area contributed by atoms with Crippen LogP contribution < -0.4 is 0 Å². The summed E-state index contributed by atoms with van der Waals surface area (Å²) in [6.07, 6.45) is 1.51. The van der Waals surface area contributed by atoms with Crippen LogP contribution in [0.5, 0.6) is 0 Å². The van der Waals surface area contributed by atoms with Crippen molar-refractivity contribution in [2.45, 2.75) is 13.0 Å². The highest BCUT2D eigenvalue weighted by atomic mass is 79.9. The molecule has 1 rings (SSSR count). The minimum atomic E-state index is -0.421. The van der Waals surface area contributed by atoms with Crippen molar-refractivity contribution in [2.24, 2.45) is 5.92 Å². The molecule has 2 atom stereocenters. The van der Waals surface area contributed by atoms with Crippen LogP contribution in [0, 0.1) is 5.92 Å². The van der Waals surface area contributed by atoms with Crippen LogP contribution in [0.3, 0.4) is 0 Å². The minimum Gasteiger partial charge on any atom is -0.388 e. The molecule has 0 aliphatic rings. The van der Waals surface area contributed by atoms with Crippen LogP contribution in [0.2, 0.25) is 0 Å². The molecule has 0 amide bonds. The molecule has 1 aromatic carbocycles. The summed E-state index contributed by atoms with van der Waals surface area (Å²) in [5.41, 5.74) is 0.959. The normalized spacial score (nSPS) is 15.9. The van der Waals surface area contributed by atoms with Gasteiger partial charge in [-0.1, -0.05) is 59.3 Å². The van der Waals surface area contributed by atoms with Gasteiger partial charge < -0.3 is 5.11 Å². The lowest BCUT2D eigenvalue weighted by atomic mass is 9.98. The second-order valence-corrected chi connectivity index (χ2v) is 3.56. The van der Waals surface area contributed by atoms with Gasteiger partial charge in [0, 0.05) is 5.92 Å². The Morgan fingerprint density at radius 2 is 1.92 bits per heavy atom. The molecule has 0 saturated heterocycles. The quantitative estimate of drug-likeness (QED) is 0.861. The van der Waals surface area contributed by atoms with Gasteiger partial charge in [-0.2, -0.15) is 0 Å². The Balaban J connectivity index is 2.73. The Hall–Kier alpha value is -0.600. The lowest BCUT2D eigenvalue weighted by Crippen LogP contribution is -2.05. The lowest BCUT2D eigenvalue weighted by molar-refractivity contribution is 0.140. The van der Waals surface area contributed by atoms with Gasteiger partial charge >= 0.3 is 0 Å². The Labute approximate surface area is 87.2 Å². The van der Waals surface area contributed by atoms with Gasteiger partial charge in [0.1, 0.15) is 0 Å². The molecular formula is C11H13BrO. The first kappa shape index (κ1) is 10.5. The average molecular weight is 241 g/mol. The summed E-state index contributed by atoms with van der Waals surface area (Å²) >= 11 is 3.20. The maximum absolute atomic E-state index is 9.85. The van der Waals surface area contributed by atoms with Crippen molar-refractivity contribution < 1.29 is 5.11 Å². The predicted molar refractivity (Wildman–Crippen MR) is 58.6 cm³/mol. The van der Waals surface area contributed by atoms with E-state index in [1.165, 1.54) is 0 Å². The van der Waals surface area contributed by atoms with Crippen LogP contribution in [-0.2, 0) is 0 Å². The third-order valence-corrected chi connectivity index (χ3v) is 2.32. The van der Waals surface area contributed by atoms with E-state index in [9.17, 15) is 5.11 Å². The maximum Gasteiger partial charge on any atom is 0.0850 e. The number of aliphatic hydroxyl groups excluding tert-OH is 1. The SMILES string of the molecule is C[C@H](/C=C\Br)[C@@H](O)c1ccccc1. The fourth-order valence-electron chi connectivity index (χ4n) is 1.17. The number of hydrogen-bond acceptors (Lipinski definition) is 1. The zero-order valence-electron chi connectivity index (χ0n) is 7.52. The van der Waals surface area contributed by atoms with E-state index in [1.54, 1.807) is 4.99 Å². The summed E-state index contributed by atoms with van der Waals surface area (Å²) in [7, 11) is 0. The van der Waals surface area contributed by atoms with Crippen LogP contribution in [-0.4, -0.2) is 5.11 Å². The fourth-order valence-corrected chi connectivity index (χ4v) is 1.66. The van der Waals surface area contributed by atoms with Crippen molar-refractivity contribution in [3.8, 4) is 0 Å².